The number of thioether (sulfide) groups is 1. The Hall–Kier alpha value is -0.870. The van der Waals surface area contributed by atoms with E-state index >= 15 is 0 Å². The molecule has 0 bridgehead atoms. The molecule has 2 atom stereocenters. The highest BCUT2D eigenvalue weighted by molar-refractivity contribution is 7.99. The van der Waals surface area contributed by atoms with Crippen LogP contribution in [0.3, 0.4) is 0 Å². The van der Waals surface area contributed by atoms with Crippen molar-refractivity contribution in [2.75, 3.05) is 19.4 Å². The number of hydrogen-bond donors (Lipinski definition) is 1. The number of phenolic OH excluding ortho intramolecular Hbond substituents is 1. The zero-order chi connectivity index (χ0) is 13.8. The Balaban J connectivity index is 2.17. The van der Waals surface area contributed by atoms with Gasteiger partial charge in [0.15, 0.2) is 0 Å². The summed E-state index contributed by atoms with van der Waals surface area (Å²) in [5.74, 6) is 1.19. The normalized spacial score (nSPS) is 19.9. The molecule has 1 aromatic carbocycles. The van der Waals surface area contributed by atoms with Crippen molar-refractivity contribution >= 4 is 11.8 Å². The molecule has 1 aromatic rings. The number of hydrogen-bond acceptors (Lipinski definition) is 4. The van der Waals surface area contributed by atoms with Gasteiger partial charge in [-0.05, 0) is 44.7 Å². The molecule has 1 aliphatic rings. The van der Waals surface area contributed by atoms with E-state index in [1.54, 1.807) is 6.07 Å². The fourth-order valence-electron chi connectivity index (χ4n) is 2.64. The van der Waals surface area contributed by atoms with Gasteiger partial charge in [0.2, 0.25) is 0 Å². The Morgan fingerprint density at radius 1 is 1.53 bits per heavy atom. The minimum Gasteiger partial charge on any atom is -0.508 e. The van der Waals surface area contributed by atoms with Crippen LogP contribution in [0, 0.1) is 0 Å². The SMILES string of the molecule is CCCN(C1COc2cccc(O)c2C1)C(C)SC. The Labute approximate surface area is 120 Å². The van der Waals surface area contributed by atoms with Gasteiger partial charge in [0.25, 0.3) is 0 Å². The second-order valence-corrected chi connectivity index (χ2v) is 6.15. The molecule has 0 spiro atoms. The largest absolute Gasteiger partial charge is 0.508 e. The summed E-state index contributed by atoms with van der Waals surface area (Å²) in [6.45, 7) is 6.22. The lowest BCUT2D eigenvalue weighted by molar-refractivity contribution is 0.113. The first-order chi connectivity index (χ1) is 9.17. The quantitative estimate of drug-likeness (QED) is 0.841. The number of ether oxygens (including phenoxy) is 1. The number of phenols is 1. The average Bonchev–Trinajstić information content (AvgIpc) is 2.44. The molecule has 0 saturated carbocycles. The summed E-state index contributed by atoms with van der Waals surface area (Å²) in [6.07, 6.45) is 4.14. The smallest absolute Gasteiger partial charge is 0.126 e. The number of benzene rings is 1. The molecule has 2 rings (SSSR count). The summed E-state index contributed by atoms with van der Waals surface area (Å²) in [4.78, 5) is 2.49. The molecule has 106 valence electrons. The van der Waals surface area contributed by atoms with Gasteiger partial charge in [-0.3, -0.25) is 4.90 Å². The van der Waals surface area contributed by atoms with E-state index in [1.807, 2.05) is 23.9 Å². The molecular weight excluding hydrogens is 258 g/mol. The van der Waals surface area contributed by atoms with Gasteiger partial charge in [-0.2, -0.15) is 0 Å². The van der Waals surface area contributed by atoms with E-state index in [-0.39, 0.29) is 0 Å². The third-order valence-electron chi connectivity index (χ3n) is 3.74. The maximum absolute atomic E-state index is 9.98. The van der Waals surface area contributed by atoms with Crippen LogP contribution in [0.25, 0.3) is 0 Å². The summed E-state index contributed by atoms with van der Waals surface area (Å²) in [5.41, 5.74) is 0.952. The predicted molar refractivity (Wildman–Crippen MR) is 81.1 cm³/mol. The van der Waals surface area contributed by atoms with Crippen LogP contribution in [0.1, 0.15) is 25.8 Å². The Kier molecular flexibility index (Phi) is 4.99. The lowest BCUT2D eigenvalue weighted by Crippen LogP contribution is -2.47. The maximum Gasteiger partial charge on any atom is 0.126 e. The number of aromatic hydroxyl groups is 1. The topological polar surface area (TPSA) is 32.7 Å². The summed E-state index contributed by atoms with van der Waals surface area (Å²) in [7, 11) is 0. The van der Waals surface area contributed by atoms with E-state index < -0.39 is 0 Å². The van der Waals surface area contributed by atoms with Crippen LogP contribution >= 0.6 is 11.8 Å². The highest BCUT2D eigenvalue weighted by Gasteiger charge is 2.29. The second-order valence-electron chi connectivity index (χ2n) is 5.00. The van der Waals surface area contributed by atoms with Crippen LogP contribution in [0.2, 0.25) is 0 Å². The Bertz CT molecular complexity index is 425. The van der Waals surface area contributed by atoms with Crippen LogP contribution in [0.4, 0.5) is 0 Å². The van der Waals surface area contributed by atoms with E-state index in [9.17, 15) is 5.11 Å². The van der Waals surface area contributed by atoms with Crippen molar-refractivity contribution in [2.24, 2.45) is 0 Å². The zero-order valence-electron chi connectivity index (χ0n) is 11.9. The van der Waals surface area contributed by atoms with Crippen molar-refractivity contribution in [2.45, 2.75) is 38.1 Å². The molecule has 4 heteroatoms. The van der Waals surface area contributed by atoms with Crippen LogP contribution in [0.5, 0.6) is 11.5 Å². The van der Waals surface area contributed by atoms with Gasteiger partial charge in [-0.25, -0.2) is 0 Å². The van der Waals surface area contributed by atoms with Crippen LogP contribution < -0.4 is 4.74 Å². The van der Waals surface area contributed by atoms with Crippen molar-refractivity contribution in [3.05, 3.63) is 23.8 Å². The average molecular weight is 281 g/mol. The minimum absolute atomic E-state index is 0.350. The Morgan fingerprint density at radius 3 is 3.00 bits per heavy atom. The van der Waals surface area contributed by atoms with Gasteiger partial charge >= 0.3 is 0 Å². The molecule has 0 aliphatic carbocycles. The third kappa shape index (κ3) is 3.18. The molecule has 3 nitrogen and oxygen atoms in total. The first-order valence-corrected chi connectivity index (χ1v) is 8.18. The molecule has 0 saturated heterocycles. The van der Waals surface area contributed by atoms with Crippen LogP contribution in [0.15, 0.2) is 18.2 Å². The molecule has 19 heavy (non-hydrogen) atoms. The second kappa shape index (κ2) is 6.53. The van der Waals surface area contributed by atoms with Gasteiger partial charge in [0, 0.05) is 11.6 Å². The van der Waals surface area contributed by atoms with Gasteiger partial charge in [-0.15, -0.1) is 11.8 Å². The molecule has 1 aliphatic heterocycles. The molecule has 0 fully saturated rings. The van der Waals surface area contributed by atoms with Gasteiger partial charge in [0.1, 0.15) is 18.1 Å². The van der Waals surface area contributed by atoms with Crippen molar-refractivity contribution in [3.63, 3.8) is 0 Å². The van der Waals surface area contributed by atoms with Gasteiger partial charge in [0.05, 0.1) is 5.37 Å². The highest BCUT2D eigenvalue weighted by Crippen LogP contribution is 2.34. The molecule has 0 aromatic heterocycles. The first kappa shape index (κ1) is 14.5. The summed E-state index contributed by atoms with van der Waals surface area (Å²) in [6, 6.07) is 5.87. The van der Waals surface area contributed by atoms with Crippen molar-refractivity contribution in [1.29, 1.82) is 0 Å². The summed E-state index contributed by atoms with van der Waals surface area (Å²) in [5, 5.41) is 10.5. The van der Waals surface area contributed by atoms with Gasteiger partial charge in [-0.1, -0.05) is 13.0 Å². The van der Waals surface area contributed by atoms with Crippen molar-refractivity contribution in [3.8, 4) is 11.5 Å². The monoisotopic (exact) mass is 281 g/mol. The zero-order valence-corrected chi connectivity index (χ0v) is 12.7. The standard InChI is InChI=1S/C15H23NO2S/c1-4-8-16(11(2)19-3)12-9-13-14(17)6-5-7-15(13)18-10-12/h5-7,11-12,17H,4,8-10H2,1-3H3. The minimum atomic E-state index is 0.350. The third-order valence-corrected chi connectivity index (χ3v) is 4.69. The van der Waals surface area contributed by atoms with E-state index in [2.05, 4.69) is 25.0 Å². The highest BCUT2D eigenvalue weighted by atomic mass is 32.2. The number of rotatable bonds is 5. The molecular formula is C15H23NO2S. The van der Waals surface area contributed by atoms with Crippen LogP contribution in [-0.4, -0.2) is 40.8 Å². The van der Waals surface area contributed by atoms with E-state index in [1.165, 1.54) is 0 Å². The lowest BCUT2D eigenvalue weighted by Gasteiger charge is -2.38. The summed E-state index contributed by atoms with van der Waals surface area (Å²) >= 11 is 1.86. The molecule has 1 heterocycles. The predicted octanol–water partition coefficient (Wildman–Crippen LogP) is 3.12. The van der Waals surface area contributed by atoms with Crippen molar-refractivity contribution < 1.29 is 9.84 Å². The number of fused-ring (bicyclic) bond motifs is 1. The van der Waals surface area contributed by atoms with Crippen molar-refractivity contribution in [1.82, 2.24) is 4.90 Å². The van der Waals surface area contributed by atoms with E-state index in [4.69, 9.17) is 4.74 Å². The maximum atomic E-state index is 9.98. The first-order valence-electron chi connectivity index (χ1n) is 6.89. The Morgan fingerprint density at radius 2 is 2.32 bits per heavy atom. The molecule has 0 amide bonds. The molecule has 1 N–H and O–H groups in total. The number of nitrogens with zero attached hydrogens (tertiary/aromatic N) is 1. The summed E-state index contributed by atoms with van der Waals surface area (Å²) < 4.78 is 5.83. The van der Waals surface area contributed by atoms with Crippen LogP contribution in [-0.2, 0) is 6.42 Å². The lowest BCUT2D eigenvalue weighted by atomic mass is 10.00. The molecule has 0 radical (unpaired) electrons. The fourth-order valence-corrected chi connectivity index (χ4v) is 3.19. The van der Waals surface area contributed by atoms with Gasteiger partial charge < -0.3 is 9.84 Å². The van der Waals surface area contributed by atoms with E-state index in [0.717, 1.165) is 30.7 Å². The molecule has 2 unspecified atom stereocenters. The van der Waals surface area contributed by atoms with E-state index in [0.29, 0.717) is 23.8 Å². The fraction of sp³-hybridized carbons (Fsp3) is 0.600.